The maximum absolute atomic E-state index is 10.4. The number of phenolic OH excluding ortho intramolecular Hbond substituents is 1. The monoisotopic (exact) mass is 718 g/mol. The zero-order valence-electron chi connectivity index (χ0n) is 25.3. The summed E-state index contributed by atoms with van der Waals surface area (Å²) in [6, 6.07) is 22.9. The molecule has 0 spiro atoms. The summed E-state index contributed by atoms with van der Waals surface area (Å²) >= 11 is 2.25. The quantitative estimate of drug-likeness (QED) is 0.145. The van der Waals surface area contributed by atoms with E-state index < -0.39 is 0 Å². The fourth-order valence-corrected chi connectivity index (χ4v) is 6.01. The maximum atomic E-state index is 10.4. The van der Waals surface area contributed by atoms with Crippen molar-refractivity contribution in [1.82, 2.24) is 29.3 Å². The van der Waals surface area contributed by atoms with Crippen molar-refractivity contribution < 1.29 is 5.11 Å². The highest BCUT2D eigenvalue weighted by atomic mass is 127. The first-order chi connectivity index (χ1) is 22.2. The van der Waals surface area contributed by atoms with E-state index in [1.807, 2.05) is 58.0 Å². The standard InChI is InChI=1S/C34H27IN10O/c1-19-29(17-36)44(21(3)31(19)27-12-14-38-33(42-27)40-24-10-8-23(35)9-11-24)45-22(4)32(20(2)30(45)18-37)28-13-15-39-34(43-28)41-25-6-5-7-26(46)16-25/h5-16,46H,1-4H3,(H,38,40,42)(H,39,41,43). The van der Waals surface area contributed by atoms with Gasteiger partial charge in [-0.2, -0.15) is 10.5 Å². The van der Waals surface area contributed by atoms with Crippen LogP contribution in [0.4, 0.5) is 23.3 Å². The zero-order valence-corrected chi connectivity index (χ0v) is 27.5. The molecule has 46 heavy (non-hydrogen) atoms. The summed E-state index contributed by atoms with van der Waals surface area (Å²) in [7, 11) is 0. The molecule has 0 unspecified atom stereocenters. The molecule has 0 bridgehead atoms. The second-order valence-corrected chi connectivity index (χ2v) is 11.8. The van der Waals surface area contributed by atoms with E-state index in [1.54, 1.807) is 52.1 Å². The summed E-state index contributed by atoms with van der Waals surface area (Å²) in [6.45, 7) is 7.56. The molecule has 12 heteroatoms. The molecule has 0 amide bonds. The van der Waals surface area contributed by atoms with Gasteiger partial charge in [0.15, 0.2) is 0 Å². The van der Waals surface area contributed by atoms with Gasteiger partial charge in [0, 0.05) is 55.9 Å². The summed E-state index contributed by atoms with van der Waals surface area (Å²) in [5.41, 5.74) is 7.93. The molecule has 0 fully saturated rings. The number of phenols is 1. The van der Waals surface area contributed by atoms with Gasteiger partial charge in [-0.15, -0.1) is 0 Å². The molecule has 2 aromatic carbocycles. The van der Waals surface area contributed by atoms with Gasteiger partial charge in [-0.25, -0.2) is 29.3 Å². The lowest BCUT2D eigenvalue weighted by atomic mass is 10.1. The Bertz CT molecular complexity index is 2200. The average Bonchev–Trinajstić information content (AvgIpc) is 3.44. The van der Waals surface area contributed by atoms with Gasteiger partial charge in [-0.05, 0) is 110 Å². The maximum Gasteiger partial charge on any atom is 0.227 e. The van der Waals surface area contributed by atoms with Crippen LogP contribution >= 0.6 is 22.6 Å². The predicted molar refractivity (Wildman–Crippen MR) is 184 cm³/mol. The van der Waals surface area contributed by atoms with Crippen LogP contribution < -0.4 is 10.6 Å². The molecular formula is C34H27IN10O. The molecule has 6 rings (SSSR count). The molecule has 4 aromatic heterocycles. The predicted octanol–water partition coefficient (Wildman–Crippen LogP) is 7.29. The van der Waals surface area contributed by atoms with Crippen molar-refractivity contribution in [3.8, 4) is 40.4 Å². The van der Waals surface area contributed by atoms with Crippen molar-refractivity contribution in [3.63, 3.8) is 0 Å². The molecular weight excluding hydrogens is 691 g/mol. The van der Waals surface area contributed by atoms with Crippen molar-refractivity contribution in [2.24, 2.45) is 0 Å². The van der Waals surface area contributed by atoms with Crippen LogP contribution in [0.25, 0.3) is 22.5 Å². The molecule has 0 aliphatic carbocycles. The van der Waals surface area contributed by atoms with Crippen molar-refractivity contribution >= 4 is 45.9 Å². The molecule has 3 N–H and O–H groups in total. The van der Waals surface area contributed by atoms with Crippen molar-refractivity contribution in [2.75, 3.05) is 10.6 Å². The van der Waals surface area contributed by atoms with Crippen molar-refractivity contribution in [2.45, 2.75) is 27.7 Å². The Hall–Kier alpha value is -5.73. The zero-order chi connectivity index (χ0) is 32.5. The molecule has 11 nitrogen and oxygen atoms in total. The number of hydrogen-bond acceptors (Lipinski definition) is 9. The number of anilines is 4. The lowest BCUT2D eigenvalue weighted by molar-refractivity contribution is 0.475. The van der Waals surface area contributed by atoms with Crippen LogP contribution in [-0.2, 0) is 0 Å². The molecule has 4 heterocycles. The Kier molecular flexibility index (Phi) is 8.13. The molecule has 0 aliphatic heterocycles. The van der Waals surface area contributed by atoms with E-state index in [-0.39, 0.29) is 5.75 Å². The first-order valence-corrected chi connectivity index (χ1v) is 15.3. The topological polar surface area (TPSA) is 153 Å². The fraction of sp³-hybridized carbons (Fsp3) is 0.118. The van der Waals surface area contributed by atoms with E-state index in [0.29, 0.717) is 45.9 Å². The van der Waals surface area contributed by atoms with E-state index in [2.05, 4.69) is 55.3 Å². The van der Waals surface area contributed by atoms with Gasteiger partial charge >= 0.3 is 0 Å². The van der Waals surface area contributed by atoms with Gasteiger partial charge in [0.2, 0.25) is 11.9 Å². The molecule has 0 atom stereocenters. The van der Waals surface area contributed by atoms with Gasteiger partial charge in [0.1, 0.15) is 29.3 Å². The first-order valence-electron chi connectivity index (χ1n) is 14.2. The van der Waals surface area contributed by atoms with E-state index in [0.717, 1.165) is 37.3 Å². The summed E-state index contributed by atoms with van der Waals surface area (Å²) in [5.74, 6) is 0.879. The molecule has 6 aromatic rings. The number of nitrogens with zero attached hydrogens (tertiary/aromatic N) is 8. The summed E-state index contributed by atoms with van der Waals surface area (Å²) in [5, 5.41) is 37.0. The van der Waals surface area contributed by atoms with Gasteiger partial charge in [0.05, 0.1) is 11.4 Å². The third-order valence-corrected chi connectivity index (χ3v) is 8.40. The first kappa shape index (κ1) is 30.3. The highest BCUT2D eigenvalue weighted by Crippen LogP contribution is 2.36. The SMILES string of the molecule is Cc1c(-c2ccnc(Nc3ccc(I)cc3)n2)c(C)n(-n2c(C)c(-c3ccnc(Nc4cccc(O)c4)n3)c(C)c2C#N)c1C#N. The number of aromatic nitrogens is 6. The second kappa shape index (κ2) is 12.3. The van der Waals surface area contributed by atoms with Crippen LogP contribution in [0.3, 0.4) is 0 Å². The van der Waals surface area contributed by atoms with Crippen molar-refractivity contribution in [1.29, 1.82) is 10.5 Å². The fourth-order valence-electron chi connectivity index (χ4n) is 5.65. The number of aromatic hydroxyl groups is 1. The lowest BCUT2D eigenvalue weighted by Gasteiger charge is -2.15. The Balaban J connectivity index is 1.45. The van der Waals surface area contributed by atoms with E-state index in [4.69, 9.17) is 9.97 Å². The number of halogens is 1. The third kappa shape index (κ3) is 5.50. The molecule has 0 saturated heterocycles. The minimum Gasteiger partial charge on any atom is -0.508 e. The average molecular weight is 719 g/mol. The normalized spacial score (nSPS) is 10.8. The summed E-state index contributed by atoms with van der Waals surface area (Å²) < 4.78 is 4.66. The Morgan fingerprint density at radius 1 is 0.696 bits per heavy atom. The van der Waals surface area contributed by atoms with E-state index in [1.165, 1.54) is 0 Å². The van der Waals surface area contributed by atoms with Crippen LogP contribution in [0.15, 0.2) is 73.1 Å². The Morgan fingerprint density at radius 2 is 1.20 bits per heavy atom. The van der Waals surface area contributed by atoms with E-state index in [9.17, 15) is 15.6 Å². The highest BCUT2D eigenvalue weighted by molar-refractivity contribution is 14.1. The highest BCUT2D eigenvalue weighted by Gasteiger charge is 2.27. The molecule has 0 saturated carbocycles. The minimum absolute atomic E-state index is 0.120. The van der Waals surface area contributed by atoms with E-state index >= 15 is 0 Å². The largest absolute Gasteiger partial charge is 0.508 e. The molecule has 0 radical (unpaired) electrons. The number of nitriles is 2. The van der Waals surface area contributed by atoms with Crippen LogP contribution in [0.1, 0.15) is 33.9 Å². The number of rotatable bonds is 7. The van der Waals surface area contributed by atoms with Crippen LogP contribution in [0, 0.1) is 53.9 Å². The third-order valence-electron chi connectivity index (χ3n) is 7.68. The smallest absolute Gasteiger partial charge is 0.227 e. The van der Waals surface area contributed by atoms with Gasteiger partial charge in [-0.3, -0.25) is 0 Å². The molecule has 226 valence electrons. The Labute approximate surface area is 279 Å². The number of benzene rings is 2. The number of nitrogens with one attached hydrogen (secondary N) is 2. The minimum atomic E-state index is 0.120. The van der Waals surface area contributed by atoms with Gasteiger partial charge in [0.25, 0.3) is 0 Å². The van der Waals surface area contributed by atoms with Gasteiger partial charge in [-0.1, -0.05) is 6.07 Å². The lowest BCUT2D eigenvalue weighted by Crippen LogP contribution is -2.17. The second-order valence-electron chi connectivity index (χ2n) is 10.6. The van der Waals surface area contributed by atoms with Crippen molar-refractivity contribution in [3.05, 3.63) is 111 Å². The van der Waals surface area contributed by atoms with Crippen LogP contribution in [-0.4, -0.2) is 34.4 Å². The van der Waals surface area contributed by atoms with Crippen LogP contribution in [0.2, 0.25) is 0 Å². The van der Waals surface area contributed by atoms with Crippen LogP contribution in [0.5, 0.6) is 5.75 Å². The number of hydrogen-bond donors (Lipinski definition) is 3. The van der Waals surface area contributed by atoms with Gasteiger partial charge < -0.3 is 15.7 Å². The molecule has 0 aliphatic rings. The summed E-state index contributed by atoms with van der Waals surface area (Å²) in [4.78, 5) is 18.3. The summed E-state index contributed by atoms with van der Waals surface area (Å²) in [6.07, 6.45) is 3.32. The Morgan fingerprint density at radius 3 is 1.67 bits per heavy atom.